The molecule has 0 atom stereocenters. The Balaban J connectivity index is 0.00000102. The lowest BCUT2D eigenvalue weighted by Crippen LogP contribution is -2.50. The molecule has 2 fully saturated rings. The second-order valence-corrected chi connectivity index (χ2v) is 9.21. The third-order valence-electron chi connectivity index (χ3n) is 6.64. The fraction of sp³-hybridized carbons (Fsp3) is 0.480. The first kappa shape index (κ1) is 26.3. The monoisotopic (exact) mass is 509 g/mol. The van der Waals surface area contributed by atoms with Crippen molar-refractivity contribution >= 4 is 40.4 Å². The molecule has 0 bridgehead atoms. The highest BCUT2D eigenvalue weighted by molar-refractivity contribution is 5.93. The fourth-order valence-corrected chi connectivity index (χ4v) is 4.87. The molecule has 3 aromatic rings. The normalized spacial score (nSPS) is 16.0. The molecular formula is C25H35N9O3. The van der Waals surface area contributed by atoms with Crippen molar-refractivity contribution in [1.82, 2.24) is 29.7 Å². The number of nitrogens with one attached hydrogen (secondary N) is 2. The third-order valence-corrected chi connectivity index (χ3v) is 6.64. The van der Waals surface area contributed by atoms with Crippen LogP contribution in [-0.2, 0) is 4.79 Å². The topological polar surface area (TPSA) is 155 Å². The number of pyridine rings is 1. The molecule has 4 heterocycles. The Bertz CT molecular complexity index is 1210. The van der Waals surface area contributed by atoms with Gasteiger partial charge in [-0.15, -0.1) is 0 Å². The Morgan fingerprint density at radius 1 is 1.08 bits per heavy atom. The number of anilines is 3. The summed E-state index contributed by atoms with van der Waals surface area (Å²) in [7, 11) is 3.75. The molecule has 198 valence electrons. The number of aromatic carboxylic acids is 1. The average Bonchev–Trinajstić information content (AvgIpc) is 3.57. The number of amides is 1. The van der Waals surface area contributed by atoms with Gasteiger partial charge in [0.15, 0.2) is 0 Å². The number of nitrogens with two attached hydrogens (primary N) is 1. The van der Waals surface area contributed by atoms with E-state index in [1.54, 1.807) is 23.4 Å². The molecule has 0 aromatic carbocycles. The van der Waals surface area contributed by atoms with Crippen LogP contribution in [-0.4, -0.2) is 88.2 Å². The molecule has 0 radical (unpaired) electrons. The largest absolute Gasteiger partial charge is 0.477 e. The van der Waals surface area contributed by atoms with E-state index in [4.69, 9.17) is 5.73 Å². The summed E-state index contributed by atoms with van der Waals surface area (Å²) < 4.78 is 1.85. The van der Waals surface area contributed by atoms with Crippen LogP contribution in [0.15, 0.2) is 30.6 Å². The fourth-order valence-electron chi connectivity index (χ4n) is 4.87. The molecule has 5 N–H and O–H groups in total. The zero-order chi connectivity index (χ0) is 26.4. The molecule has 0 spiro atoms. The number of piperazine rings is 1. The first-order valence-electron chi connectivity index (χ1n) is 12.6. The van der Waals surface area contributed by atoms with Crippen LogP contribution in [0.1, 0.15) is 42.2 Å². The van der Waals surface area contributed by atoms with Crippen LogP contribution < -0.4 is 21.3 Å². The van der Waals surface area contributed by atoms with E-state index in [0.29, 0.717) is 35.9 Å². The molecule has 3 aromatic heterocycles. The Labute approximate surface area is 215 Å². The second kappa shape index (κ2) is 12.0. The summed E-state index contributed by atoms with van der Waals surface area (Å²) >= 11 is 0. The lowest BCUT2D eigenvalue weighted by molar-refractivity contribution is -0.129. The smallest absolute Gasteiger partial charge is 0.352 e. The molecule has 1 saturated carbocycles. The summed E-state index contributed by atoms with van der Waals surface area (Å²) in [5.41, 5.74) is 7.31. The van der Waals surface area contributed by atoms with Crippen molar-refractivity contribution in [1.29, 1.82) is 0 Å². The van der Waals surface area contributed by atoms with E-state index >= 15 is 0 Å². The highest BCUT2D eigenvalue weighted by atomic mass is 16.4. The van der Waals surface area contributed by atoms with Crippen LogP contribution in [0.4, 0.5) is 17.5 Å². The van der Waals surface area contributed by atoms with Crippen molar-refractivity contribution in [2.75, 3.05) is 57.0 Å². The van der Waals surface area contributed by atoms with Gasteiger partial charge in [0, 0.05) is 43.8 Å². The van der Waals surface area contributed by atoms with Gasteiger partial charge >= 0.3 is 5.97 Å². The van der Waals surface area contributed by atoms with Gasteiger partial charge in [-0.3, -0.25) is 4.79 Å². The van der Waals surface area contributed by atoms with E-state index in [2.05, 4.69) is 30.5 Å². The first-order valence-corrected chi connectivity index (χ1v) is 12.6. The summed E-state index contributed by atoms with van der Waals surface area (Å²) in [6, 6.07) is 5.62. The van der Waals surface area contributed by atoms with E-state index < -0.39 is 5.97 Å². The molecule has 1 aliphatic heterocycles. The van der Waals surface area contributed by atoms with E-state index in [-0.39, 0.29) is 24.2 Å². The number of rotatable bonds is 6. The Hall–Kier alpha value is -3.77. The molecule has 12 nitrogen and oxygen atoms in total. The molecular weight excluding hydrogens is 474 g/mol. The Morgan fingerprint density at radius 3 is 2.38 bits per heavy atom. The van der Waals surface area contributed by atoms with E-state index in [1.807, 2.05) is 30.8 Å². The van der Waals surface area contributed by atoms with Gasteiger partial charge in [-0.2, -0.15) is 4.98 Å². The third kappa shape index (κ3) is 5.97. The second-order valence-electron chi connectivity index (χ2n) is 9.21. The van der Waals surface area contributed by atoms with Crippen LogP contribution in [0, 0.1) is 0 Å². The summed E-state index contributed by atoms with van der Waals surface area (Å²) in [6.45, 7) is 2.78. The lowest BCUT2D eigenvalue weighted by Gasteiger charge is -2.35. The molecule has 5 rings (SSSR count). The molecule has 1 saturated heterocycles. The molecule has 0 unspecified atom stereocenters. The van der Waals surface area contributed by atoms with Crippen LogP contribution in [0.5, 0.6) is 0 Å². The summed E-state index contributed by atoms with van der Waals surface area (Å²) in [6.07, 6.45) is 7.52. The van der Waals surface area contributed by atoms with Gasteiger partial charge in [0.05, 0.1) is 18.4 Å². The number of aromatic nitrogens is 4. The van der Waals surface area contributed by atoms with Crippen molar-refractivity contribution in [3.05, 3.63) is 36.3 Å². The maximum atomic E-state index is 11.8. The molecule has 12 heteroatoms. The van der Waals surface area contributed by atoms with Crippen LogP contribution in [0.25, 0.3) is 11.0 Å². The van der Waals surface area contributed by atoms with Crippen LogP contribution in [0.3, 0.4) is 0 Å². The lowest BCUT2D eigenvalue weighted by atomic mass is 10.2. The van der Waals surface area contributed by atoms with Crippen LogP contribution in [0.2, 0.25) is 0 Å². The van der Waals surface area contributed by atoms with Gasteiger partial charge in [0.2, 0.25) is 11.9 Å². The molecule has 37 heavy (non-hydrogen) atoms. The maximum absolute atomic E-state index is 11.8. The van der Waals surface area contributed by atoms with Crippen molar-refractivity contribution in [2.45, 2.75) is 31.7 Å². The van der Waals surface area contributed by atoms with Crippen LogP contribution >= 0.6 is 0 Å². The number of carboxylic acids is 1. The van der Waals surface area contributed by atoms with E-state index in [9.17, 15) is 14.7 Å². The van der Waals surface area contributed by atoms with Gasteiger partial charge in [-0.05, 0) is 45.1 Å². The summed E-state index contributed by atoms with van der Waals surface area (Å²) in [5, 5.41) is 16.3. The quantitative estimate of drug-likeness (QED) is 0.387. The van der Waals surface area contributed by atoms with Gasteiger partial charge in [0.1, 0.15) is 17.2 Å². The number of carbonyl (C=O) groups excluding carboxylic acids is 1. The van der Waals surface area contributed by atoms with Crippen molar-refractivity contribution in [3.63, 3.8) is 0 Å². The van der Waals surface area contributed by atoms with Crippen molar-refractivity contribution in [2.24, 2.45) is 5.73 Å². The maximum Gasteiger partial charge on any atom is 0.352 e. The zero-order valence-corrected chi connectivity index (χ0v) is 21.4. The van der Waals surface area contributed by atoms with Crippen molar-refractivity contribution in [3.8, 4) is 0 Å². The minimum Gasteiger partial charge on any atom is -0.477 e. The standard InChI is InChI=1S/C23H28N8O3.C2H7N/c24-12-20(32)30-9-7-29(8-10-30)17-5-6-19(25-14-17)27-23-26-13-15-11-18(22(33)34)31(21(15)28-23)16-3-1-2-4-16;1-3-2/h5-6,11,13-14,16H,1-4,7-10,12,24H2,(H,33,34)(H,25,26,27,28);3H,1-2H3. The zero-order valence-electron chi connectivity index (χ0n) is 21.4. The number of carboxylic acid groups (broad SMARTS) is 1. The van der Waals surface area contributed by atoms with Gasteiger partial charge in [0.25, 0.3) is 0 Å². The summed E-state index contributed by atoms with van der Waals surface area (Å²) in [5.74, 6) is -0.0119. The van der Waals surface area contributed by atoms with Gasteiger partial charge in [-0.1, -0.05) is 12.8 Å². The molecule has 2 aliphatic rings. The number of hydrogen-bond acceptors (Lipinski definition) is 9. The minimum atomic E-state index is -0.954. The van der Waals surface area contributed by atoms with Gasteiger partial charge < -0.3 is 35.8 Å². The SMILES string of the molecule is CNC.NCC(=O)N1CCN(c2ccc(Nc3ncc4cc(C(=O)O)n(C5CCCC5)c4n3)nc2)CC1. The molecule has 1 aliphatic carbocycles. The number of nitrogens with zero attached hydrogens (tertiary/aromatic N) is 6. The van der Waals surface area contributed by atoms with Gasteiger partial charge in [-0.25, -0.2) is 14.8 Å². The Kier molecular flexibility index (Phi) is 8.51. The number of carbonyl (C=O) groups is 2. The predicted octanol–water partition coefficient (Wildman–Crippen LogP) is 1.83. The van der Waals surface area contributed by atoms with E-state index in [1.165, 1.54) is 0 Å². The molecule has 1 amide bonds. The average molecular weight is 510 g/mol. The Morgan fingerprint density at radius 2 is 1.78 bits per heavy atom. The predicted molar refractivity (Wildman–Crippen MR) is 142 cm³/mol. The highest BCUT2D eigenvalue weighted by Crippen LogP contribution is 2.34. The van der Waals surface area contributed by atoms with Crippen molar-refractivity contribution < 1.29 is 14.7 Å². The first-order chi connectivity index (χ1) is 17.9. The van der Waals surface area contributed by atoms with E-state index in [0.717, 1.165) is 44.5 Å². The number of hydrogen-bond donors (Lipinski definition) is 4. The summed E-state index contributed by atoms with van der Waals surface area (Å²) in [4.78, 5) is 41.1. The highest BCUT2D eigenvalue weighted by Gasteiger charge is 2.25. The minimum absolute atomic E-state index is 0.0242. The number of fused-ring (bicyclic) bond motifs is 1.